The summed E-state index contributed by atoms with van der Waals surface area (Å²) >= 11 is 0. The summed E-state index contributed by atoms with van der Waals surface area (Å²) in [6.45, 7) is 7.59. The molecule has 4 heterocycles. The summed E-state index contributed by atoms with van der Waals surface area (Å²) in [5.41, 5.74) is 14.4. The van der Waals surface area contributed by atoms with Crippen LogP contribution >= 0.6 is 0 Å². The molecule has 7 nitrogen and oxygen atoms in total. The van der Waals surface area contributed by atoms with E-state index in [0.717, 1.165) is 115 Å². The lowest BCUT2D eigenvalue weighted by atomic mass is 9.88. The van der Waals surface area contributed by atoms with Crippen molar-refractivity contribution in [3.8, 4) is 28.1 Å². The summed E-state index contributed by atoms with van der Waals surface area (Å²) < 4.78 is 4.56. The quantitative estimate of drug-likeness (QED) is 0.142. The molecular weight excluding hydrogens is 785 g/mol. The van der Waals surface area contributed by atoms with E-state index in [9.17, 15) is 4.79 Å². The molecule has 2 N–H and O–H groups in total. The van der Waals surface area contributed by atoms with Crippen molar-refractivity contribution in [2.24, 2.45) is 0 Å². The first-order valence-electron chi connectivity index (χ1n) is 22.2. The predicted octanol–water partition coefficient (Wildman–Crippen LogP) is 14.2. The summed E-state index contributed by atoms with van der Waals surface area (Å²) in [6, 6.07) is 58.5. The molecule has 0 amide bonds. The number of hydrogen-bond donors (Lipinski definition) is 2. The maximum Gasteiger partial charge on any atom is 0.193 e. The highest BCUT2D eigenvalue weighted by molar-refractivity contribution is 6.15. The smallest absolute Gasteiger partial charge is 0.193 e. The van der Waals surface area contributed by atoms with E-state index >= 15 is 0 Å². The van der Waals surface area contributed by atoms with Gasteiger partial charge in [0.1, 0.15) is 11.6 Å². The van der Waals surface area contributed by atoms with Gasteiger partial charge >= 0.3 is 0 Å². The molecule has 0 radical (unpaired) electrons. The number of benzene rings is 7. The van der Waals surface area contributed by atoms with Gasteiger partial charge in [-0.25, -0.2) is 9.97 Å². The Hall–Kier alpha value is -7.77. The molecule has 0 saturated heterocycles. The summed E-state index contributed by atoms with van der Waals surface area (Å²) in [5.74, 6) is 1.90. The Kier molecular flexibility index (Phi) is 9.68. The second-order valence-electron chi connectivity index (χ2n) is 17.9. The third-order valence-electron chi connectivity index (χ3n) is 12.7. The number of ketones is 1. The van der Waals surface area contributed by atoms with Crippen LogP contribution in [0.3, 0.4) is 0 Å². The van der Waals surface area contributed by atoms with Crippen molar-refractivity contribution >= 4 is 61.4 Å². The topological polar surface area (TPSA) is 76.8 Å². The van der Waals surface area contributed by atoms with E-state index in [1.165, 1.54) is 5.56 Å². The van der Waals surface area contributed by atoms with Crippen molar-refractivity contribution in [3.63, 3.8) is 0 Å². The van der Waals surface area contributed by atoms with Gasteiger partial charge < -0.3 is 15.2 Å². The van der Waals surface area contributed by atoms with Gasteiger partial charge in [0.2, 0.25) is 0 Å². The summed E-state index contributed by atoms with van der Waals surface area (Å²) in [6.07, 6.45) is 5.12. The van der Waals surface area contributed by atoms with Crippen LogP contribution in [-0.2, 0) is 18.4 Å². The summed E-state index contributed by atoms with van der Waals surface area (Å²) in [7, 11) is 0. The highest BCUT2D eigenvalue weighted by Crippen LogP contribution is 2.42. The number of para-hydroxylation sites is 2. The van der Waals surface area contributed by atoms with Crippen LogP contribution in [0.4, 0.5) is 22.7 Å². The van der Waals surface area contributed by atoms with E-state index in [1.54, 1.807) is 0 Å². The number of aromatic nitrogens is 4. The predicted molar refractivity (Wildman–Crippen MR) is 264 cm³/mol. The molecule has 64 heavy (non-hydrogen) atoms. The lowest BCUT2D eigenvalue weighted by Gasteiger charge is -2.21. The van der Waals surface area contributed by atoms with Gasteiger partial charge in [0.15, 0.2) is 5.78 Å². The van der Waals surface area contributed by atoms with Crippen molar-refractivity contribution in [2.45, 2.75) is 52.0 Å². The van der Waals surface area contributed by atoms with Gasteiger partial charge in [0, 0.05) is 57.9 Å². The van der Waals surface area contributed by atoms with Crippen LogP contribution in [-0.4, -0.2) is 24.9 Å². The standard InChI is InChI=1S/C57H48N6O/c1-57(2,3)41-29-30-58-54(34-41)63-50-25-11-10-22-45(50)46-28-27-40(33-51(46)63)56(64)39-20-14-21-42(32-39)59-47-35-49-52(62-31-13-12-26-53(62)60-49)36-48(47)61-55-43(37-16-6-4-7-17-37)23-15-24-44(55)38-18-8-5-9-19-38/h4-11,14-25,27-30,32-36,59,61H,12-13,26,31H2,1-3H3. The van der Waals surface area contributed by atoms with E-state index in [2.05, 4.69) is 174 Å². The minimum Gasteiger partial charge on any atom is -0.354 e. The monoisotopic (exact) mass is 832 g/mol. The van der Waals surface area contributed by atoms with Gasteiger partial charge in [-0.1, -0.05) is 142 Å². The van der Waals surface area contributed by atoms with Gasteiger partial charge in [0.05, 0.1) is 39.1 Å². The molecule has 0 unspecified atom stereocenters. The third kappa shape index (κ3) is 7.09. The van der Waals surface area contributed by atoms with Crippen LogP contribution in [0.25, 0.3) is 60.9 Å². The average Bonchev–Trinajstić information content (AvgIpc) is 3.86. The number of hydrogen-bond acceptors (Lipinski definition) is 5. The zero-order chi connectivity index (χ0) is 43.4. The molecule has 0 saturated carbocycles. The summed E-state index contributed by atoms with van der Waals surface area (Å²) in [4.78, 5) is 24.6. The van der Waals surface area contributed by atoms with Gasteiger partial charge in [-0.15, -0.1) is 0 Å². The Balaban J connectivity index is 0.997. The van der Waals surface area contributed by atoms with E-state index < -0.39 is 0 Å². The number of nitrogens with one attached hydrogen (secondary N) is 2. The second-order valence-corrected chi connectivity index (χ2v) is 17.9. The Morgan fingerprint density at radius 2 is 1.28 bits per heavy atom. The molecule has 1 aliphatic heterocycles. The molecule has 3 aromatic heterocycles. The van der Waals surface area contributed by atoms with Crippen LogP contribution in [0.15, 0.2) is 176 Å². The minimum atomic E-state index is -0.0568. The van der Waals surface area contributed by atoms with E-state index in [4.69, 9.17) is 9.97 Å². The van der Waals surface area contributed by atoms with Crippen molar-refractivity contribution in [1.82, 2.24) is 19.1 Å². The number of pyridine rings is 1. The highest BCUT2D eigenvalue weighted by atomic mass is 16.1. The average molecular weight is 833 g/mol. The number of carbonyl (C=O) groups is 1. The van der Waals surface area contributed by atoms with E-state index in [1.807, 2.05) is 42.6 Å². The fourth-order valence-corrected chi connectivity index (χ4v) is 9.39. The Labute approximate surface area is 373 Å². The van der Waals surface area contributed by atoms with Crippen LogP contribution in [0.5, 0.6) is 0 Å². The first-order valence-corrected chi connectivity index (χ1v) is 22.2. The zero-order valence-corrected chi connectivity index (χ0v) is 36.3. The lowest BCUT2D eigenvalue weighted by molar-refractivity contribution is 0.103. The number of rotatable bonds is 9. The Morgan fingerprint density at radius 3 is 2.05 bits per heavy atom. The van der Waals surface area contributed by atoms with Gasteiger partial charge in [-0.2, -0.15) is 0 Å². The molecule has 10 aromatic rings. The second kappa shape index (κ2) is 15.9. The first-order chi connectivity index (χ1) is 31.3. The highest BCUT2D eigenvalue weighted by Gasteiger charge is 2.22. The molecule has 0 bridgehead atoms. The van der Waals surface area contributed by atoms with Gasteiger partial charge in [-0.05, 0) is 83.5 Å². The molecule has 0 fully saturated rings. The van der Waals surface area contributed by atoms with Crippen LogP contribution in [0, 0.1) is 0 Å². The maximum atomic E-state index is 14.6. The largest absolute Gasteiger partial charge is 0.354 e. The maximum absolute atomic E-state index is 14.6. The first kappa shape index (κ1) is 39.1. The minimum absolute atomic E-state index is 0.0466. The molecule has 7 aromatic carbocycles. The molecule has 7 heteroatoms. The fourth-order valence-electron chi connectivity index (χ4n) is 9.39. The summed E-state index contributed by atoms with van der Waals surface area (Å²) in [5, 5.41) is 9.90. The molecule has 11 rings (SSSR count). The fraction of sp³-hybridized carbons (Fsp3) is 0.140. The molecule has 312 valence electrons. The SMILES string of the molecule is CC(C)(C)c1ccnc(-n2c3ccccc3c3ccc(C(=O)c4cccc(Nc5cc6nc7n(c6cc5Nc5c(-c6ccccc6)cccc5-c5ccccc5)CCCC7)c4)cc32)c1. The molecule has 0 spiro atoms. The third-order valence-corrected chi connectivity index (χ3v) is 12.7. The van der Waals surface area contributed by atoms with Crippen molar-refractivity contribution in [3.05, 3.63) is 199 Å². The van der Waals surface area contributed by atoms with Crippen LogP contribution < -0.4 is 10.6 Å². The number of nitrogens with zero attached hydrogens (tertiary/aromatic N) is 4. The molecule has 1 aliphatic rings. The van der Waals surface area contributed by atoms with Crippen molar-refractivity contribution in [1.29, 1.82) is 0 Å². The number of aryl methyl sites for hydroxylation is 2. The van der Waals surface area contributed by atoms with E-state index in [0.29, 0.717) is 11.1 Å². The van der Waals surface area contributed by atoms with Crippen molar-refractivity contribution in [2.75, 3.05) is 10.6 Å². The van der Waals surface area contributed by atoms with Crippen LogP contribution in [0.1, 0.15) is 60.9 Å². The number of fused-ring (bicyclic) bond motifs is 6. The van der Waals surface area contributed by atoms with Crippen molar-refractivity contribution < 1.29 is 4.79 Å². The molecule has 0 atom stereocenters. The van der Waals surface area contributed by atoms with Crippen LogP contribution in [0.2, 0.25) is 0 Å². The number of anilines is 4. The normalized spacial score (nSPS) is 12.7. The van der Waals surface area contributed by atoms with Gasteiger partial charge in [-0.3, -0.25) is 9.36 Å². The zero-order valence-electron chi connectivity index (χ0n) is 36.3. The molecule has 0 aliphatic carbocycles. The number of carbonyl (C=O) groups excluding carboxylic acids is 1. The number of imidazole rings is 1. The molecular formula is C57H48N6O. The van der Waals surface area contributed by atoms with Gasteiger partial charge in [0.25, 0.3) is 0 Å². The Morgan fingerprint density at radius 1 is 0.594 bits per heavy atom. The van der Waals surface area contributed by atoms with E-state index in [-0.39, 0.29) is 11.2 Å². The lowest BCUT2D eigenvalue weighted by Crippen LogP contribution is -2.12. The Bertz CT molecular complexity index is 3340.